The summed E-state index contributed by atoms with van der Waals surface area (Å²) < 4.78 is 41.5. The molecule has 3 nitrogen and oxygen atoms in total. The summed E-state index contributed by atoms with van der Waals surface area (Å²) in [5.74, 6) is 0.236. The topological polar surface area (TPSA) is 30.7 Å². The number of hydrogen-bond donors (Lipinski definition) is 0. The maximum atomic E-state index is 13.1. The van der Waals surface area contributed by atoms with E-state index in [0.29, 0.717) is 23.5 Å². The van der Waals surface area contributed by atoms with Gasteiger partial charge in [-0.15, -0.1) is 5.10 Å². The minimum Gasteiger partial charge on any atom is -0.248 e. The molecular formula is C13H11BrF3N3. The lowest BCUT2D eigenvalue weighted by Gasteiger charge is -2.25. The Bertz CT molecular complexity index is 636. The van der Waals surface area contributed by atoms with E-state index in [2.05, 4.69) is 26.0 Å². The Morgan fingerprint density at radius 3 is 2.75 bits per heavy atom. The highest BCUT2D eigenvalue weighted by molar-refractivity contribution is 9.10. The molecule has 2 aromatic rings. The summed E-state index contributed by atoms with van der Waals surface area (Å²) in [6.07, 6.45) is -2.91. The predicted octanol–water partition coefficient (Wildman–Crippen LogP) is 3.99. The molecule has 1 aromatic heterocycles. The summed E-state index contributed by atoms with van der Waals surface area (Å²) in [7, 11) is 0. The molecule has 0 N–H and O–H groups in total. The first-order valence-corrected chi connectivity index (χ1v) is 7.02. The zero-order valence-corrected chi connectivity index (χ0v) is 11.9. The smallest absolute Gasteiger partial charge is 0.248 e. The molecule has 106 valence electrons. The Morgan fingerprint density at radius 2 is 2.00 bits per heavy atom. The molecule has 7 heteroatoms. The lowest BCUT2D eigenvalue weighted by Crippen LogP contribution is -2.21. The van der Waals surface area contributed by atoms with Crippen LogP contribution in [-0.4, -0.2) is 14.8 Å². The van der Waals surface area contributed by atoms with Crippen molar-refractivity contribution >= 4 is 15.9 Å². The average Bonchev–Trinajstić information content (AvgIpc) is 2.77. The number of fused-ring (bicyclic) bond motifs is 1. The van der Waals surface area contributed by atoms with E-state index >= 15 is 0 Å². The maximum absolute atomic E-state index is 13.1. The zero-order chi connectivity index (χ0) is 14.3. The van der Waals surface area contributed by atoms with Gasteiger partial charge in [0.05, 0.1) is 5.56 Å². The minimum atomic E-state index is -4.35. The van der Waals surface area contributed by atoms with Crippen molar-refractivity contribution in [2.75, 3.05) is 0 Å². The van der Waals surface area contributed by atoms with Crippen molar-refractivity contribution < 1.29 is 13.2 Å². The van der Waals surface area contributed by atoms with Crippen LogP contribution in [0.1, 0.15) is 35.7 Å². The Morgan fingerprint density at radius 1 is 1.25 bits per heavy atom. The van der Waals surface area contributed by atoms with Crippen molar-refractivity contribution in [1.82, 2.24) is 14.8 Å². The van der Waals surface area contributed by atoms with E-state index in [1.807, 2.05) is 0 Å². The molecule has 0 bridgehead atoms. The normalized spacial score (nSPS) is 18.9. The van der Waals surface area contributed by atoms with Gasteiger partial charge in [0.2, 0.25) is 4.73 Å². The van der Waals surface area contributed by atoms with Gasteiger partial charge in [-0.05, 0) is 40.4 Å². The second-order valence-electron chi connectivity index (χ2n) is 4.74. The highest BCUT2D eigenvalue weighted by atomic mass is 79.9. The van der Waals surface area contributed by atoms with Gasteiger partial charge in [0.1, 0.15) is 5.82 Å². The van der Waals surface area contributed by atoms with Crippen LogP contribution in [0.4, 0.5) is 13.2 Å². The van der Waals surface area contributed by atoms with Crippen LogP contribution in [0.2, 0.25) is 0 Å². The highest BCUT2D eigenvalue weighted by Gasteiger charge is 2.37. The van der Waals surface area contributed by atoms with E-state index < -0.39 is 11.7 Å². The first-order valence-electron chi connectivity index (χ1n) is 6.23. The molecule has 20 heavy (non-hydrogen) atoms. The third kappa shape index (κ3) is 2.34. The summed E-state index contributed by atoms with van der Waals surface area (Å²) in [5.41, 5.74) is -0.307. The monoisotopic (exact) mass is 345 g/mol. The standard InChI is InChI=1S/C13H11BrF3N3/c14-12-18-11-9(5-3-7-20(11)19-12)8-4-1-2-6-10(8)13(15,16)17/h1-2,4,6,9H,3,5,7H2/t9-/m0/s1. The summed E-state index contributed by atoms with van der Waals surface area (Å²) >= 11 is 3.19. The second kappa shape index (κ2) is 4.87. The molecule has 0 fully saturated rings. The van der Waals surface area contributed by atoms with Crippen LogP contribution < -0.4 is 0 Å². The number of aryl methyl sites for hydroxylation is 1. The second-order valence-corrected chi connectivity index (χ2v) is 5.45. The van der Waals surface area contributed by atoms with Gasteiger partial charge >= 0.3 is 6.18 Å². The van der Waals surface area contributed by atoms with Gasteiger partial charge < -0.3 is 0 Å². The van der Waals surface area contributed by atoms with E-state index in [4.69, 9.17) is 0 Å². The molecule has 1 aliphatic rings. The first-order chi connectivity index (χ1) is 9.47. The highest BCUT2D eigenvalue weighted by Crippen LogP contribution is 2.40. The molecule has 0 radical (unpaired) electrons. The molecule has 0 saturated heterocycles. The molecule has 0 unspecified atom stereocenters. The van der Waals surface area contributed by atoms with Crippen molar-refractivity contribution in [2.45, 2.75) is 31.5 Å². The number of halogens is 4. The van der Waals surface area contributed by atoms with Gasteiger partial charge in [0.15, 0.2) is 0 Å². The minimum absolute atomic E-state index is 0.279. The van der Waals surface area contributed by atoms with Crippen LogP contribution >= 0.6 is 15.9 Å². The van der Waals surface area contributed by atoms with Crippen LogP contribution in [0, 0.1) is 0 Å². The molecule has 1 aromatic carbocycles. The summed E-state index contributed by atoms with van der Waals surface area (Å²) in [6.45, 7) is 0.693. The largest absolute Gasteiger partial charge is 0.416 e. The van der Waals surface area contributed by atoms with Crippen molar-refractivity contribution in [3.05, 3.63) is 46.0 Å². The van der Waals surface area contributed by atoms with Gasteiger partial charge in [0.25, 0.3) is 0 Å². The van der Waals surface area contributed by atoms with E-state index in [9.17, 15) is 13.2 Å². The number of hydrogen-bond acceptors (Lipinski definition) is 2. The Kier molecular flexibility index (Phi) is 3.32. The van der Waals surface area contributed by atoms with Crippen LogP contribution in [-0.2, 0) is 12.7 Å². The van der Waals surface area contributed by atoms with Crippen molar-refractivity contribution in [3.8, 4) is 0 Å². The number of rotatable bonds is 1. The molecule has 0 saturated carbocycles. The van der Waals surface area contributed by atoms with E-state index in [1.165, 1.54) is 12.1 Å². The average molecular weight is 346 g/mol. The van der Waals surface area contributed by atoms with E-state index in [0.717, 1.165) is 12.5 Å². The van der Waals surface area contributed by atoms with E-state index in [1.54, 1.807) is 10.7 Å². The van der Waals surface area contributed by atoms with Gasteiger partial charge in [-0.1, -0.05) is 18.2 Å². The van der Waals surface area contributed by atoms with Gasteiger partial charge in [-0.3, -0.25) is 0 Å². The molecule has 0 spiro atoms. The molecule has 0 amide bonds. The van der Waals surface area contributed by atoms with Crippen LogP contribution in [0.5, 0.6) is 0 Å². The SMILES string of the molecule is FC(F)(F)c1ccccc1[C@@H]1CCCn2nc(Br)nc21. The Labute approximate surface area is 121 Å². The van der Waals surface area contributed by atoms with Gasteiger partial charge in [-0.2, -0.15) is 13.2 Å². The Balaban J connectivity index is 2.11. The lowest BCUT2D eigenvalue weighted by atomic mass is 9.88. The summed E-state index contributed by atoms with van der Waals surface area (Å²) in [4.78, 5) is 4.23. The summed E-state index contributed by atoms with van der Waals surface area (Å²) in [6, 6.07) is 5.70. The molecule has 1 aliphatic heterocycles. The lowest BCUT2D eigenvalue weighted by molar-refractivity contribution is -0.138. The fourth-order valence-electron chi connectivity index (χ4n) is 2.68. The van der Waals surface area contributed by atoms with Crippen LogP contribution in [0.25, 0.3) is 0 Å². The fourth-order valence-corrected chi connectivity index (χ4v) is 3.05. The van der Waals surface area contributed by atoms with Crippen molar-refractivity contribution in [3.63, 3.8) is 0 Å². The molecule has 3 rings (SSSR count). The molecule has 1 atom stereocenters. The molecule has 0 aliphatic carbocycles. The van der Waals surface area contributed by atoms with Crippen molar-refractivity contribution in [2.24, 2.45) is 0 Å². The summed E-state index contributed by atoms with van der Waals surface area (Å²) in [5, 5.41) is 4.16. The predicted molar refractivity (Wildman–Crippen MR) is 70.2 cm³/mol. The van der Waals surface area contributed by atoms with E-state index in [-0.39, 0.29) is 11.5 Å². The fraction of sp³-hybridized carbons (Fsp3) is 0.385. The third-order valence-electron chi connectivity index (χ3n) is 3.49. The third-order valence-corrected chi connectivity index (χ3v) is 3.83. The van der Waals surface area contributed by atoms with Crippen LogP contribution in [0.15, 0.2) is 29.0 Å². The number of benzene rings is 1. The van der Waals surface area contributed by atoms with Crippen LogP contribution in [0.3, 0.4) is 0 Å². The Hall–Kier alpha value is -1.37. The number of alkyl halides is 3. The number of aromatic nitrogens is 3. The maximum Gasteiger partial charge on any atom is 0.416 e. The zero-order valence-electron chi connectivity index (χ0n) is 10.4. The van der Waals surface area contributed by atoms with Crippen molar-refractivity contribution in [1.29, 1.82) is 0 Å². The van der Waals surface area contributed by atoms with Gasteiger partial charge in [-0.25, -0.2) is 9.67 Å². The number of nitrogens with zero attached hydrogens (tertiary/aromatic N) is 3. The first kappa shape index (κ1) is 13.6. The molecular weight excluding hydrogens is 335 g/mol. The quantitative estimate of drug-likeness (QED) is 0.782. The van der Waals surface area contributed by atoms with Gasteiger partial charge in [0, 0.05) is 12.5 Å². The molecule has 2 heterocycles.